The van der Waals surface area contributed by atoms with Crippen molar-refractivity contribution in [2.24, 2.45) is 4.99 Å². The van der Waals surface area contributed by atoms with Crippen LogP contribution in [0.15, 0.2) is 53.5 Å². The van der Waals surface area contributed by atoms with E-state index in [-0.39, 0.29) is 0 Å². The van der Waals surface area contributed by atoms with Crippen molar-refractivity contribution in [3.63, 3.8) is 0 Å². The predicted molar refractivity (Wildman–Crippen MR) is 92.0 cm³/mol. The second-order valence-corrected chi connectivity index (χ2v) is 7.30. The monoisotopic (exact) mass is 369 g/mol. The molecule has 0 bridgehead atoms. The molecule has 0 aromatic heterocycles. The van der Waals surface area contributed by atoms with Crippen molar-refractivity contribution in [2.75, 3.05) is 0 Å². The summed E-state index contributed by atoms with van der Waals surface area (Å²) in [6.45, 7) is 0.363. The topological polar surface area (TPSA) is 70.6 Å². The van der Waals surface area contributed by atoms with Crippen LogP contribution in [0.1, 0.15) is 17.2 Å². The number of amidine groups is 1. The Morgan fingerprint density at radius 2 is 1.83 bits per heavy atom. The van der Waals surface area contributed by atoms with E-state index < -0.39 is 16.3 Å². The summed E-state index contributed by atoms with van der Waals surface area (Å²) in [4.78, 5) is 4.38. The zero-order valence-electron chi connectivity index (χ0n) is 11.8. The first kappa shape index (κ1) is 16.3. The standard InChI is InChI=1S/C15H13Cl2N3O2S/c16-11-6-7-12(13(17)8-11)14-15(20-23(21,22)19-14)18-9-10-4-2-1-3-5-10/h1-8,14,19H,9H2,(H,18,20). The molecule has 23 heavy (non-hydrogen) atoms. The molecule has 2 aromatic rings. The van der Waals surface area contributed by atoms with E-state index in [0.29, 0.717) is 28.0 Å². The molecular formula is C15H13Cl2N3O2S. The molecule has 0 aliphatic carbocycles. The number of nitrogens with zero attached hydrogens (tertiary/aromatic N) is 1. The highest BCUT2D eigenvalue weighted by Gasteiger charge is 2.34. The minimum Gasteiger partial charge on any atom is -0.265 e. The molecule has 1 saturated heterocycles. The lowest BCUT2D eigenvalue weighted by Gasteiger charge is -2.11. The Kier molecular flexibility index (Phi) is 4.59. The quantitative estimate of drug-likeness (QED) is 0.872. The fourth-order valence-electron chi connectivity index (χ4n) is 2.27. The molecule has 120 valence electrons. The van der Waals surface area contributed by atoms with E-state index in [1.165, 1.54) is 0 Å². The Morgan fingerprint density at radius 3 is 2.52 bits per heavy atom. The molecule has 2 aromatic carbocycles. The first-order valence-electron chi connectivity index (χ1n) is 6.78. The van der Waals surface area contributed by atoms with Crippen molar-refractivity contribution < 1.29 is 8.42 Å². The Labute approximate surface area is 144 Å². The Morgan fingerprint density at radius 1 is 1.09 bits per heavy atom. The van der Waals surface area contributed by atoms with Gasteiger partial charge in [-0.05, 0) is 23.3 Å². The largest absolute Gasteiger partial charge is 0.301 e. The molecule has 1 aliphatic rings. The average molecular weight is 370 g/mol. The fourth-order valence-corrected chi connectivity index (χ4v) is 3.85. The summed E-state index contributed by atoms with van der Waals surface area (Å²) in [6.07, 6.45) is 0. The lowest BCUT2D eigenvalue weighted by Crippen LogP contribution is -2.24. The summed E-state index contributed by atoms with van der Waals surface area (Å²) in [5, 5.41) is 0.858. The molecule has 0 saturated carbocycles. The summed E-state index contributed by atoms with van der Waals surface area (Å²) in [5.74, 6) is 0.304. The van der Waals surface area contributed by atoms with Crippen LogP contribution in [0, 0.1) is 0 Å². The Bertz CT molecular complexity index is 854. The summed E-state index contributed by atoms with van der Waals surface area (Å²) in [6, 6.07) is 13.8. The van der Waals surface area contributed by atoms with Gasteiger partial charge in [-0.3, -0.25) is 9.71 Å². The molecule has 1 unspecified atom stereocenters. The van der Waals surface area contributed by atoms with Gasteiger partial charge in [0.25, 0.3) is 0 Å². The average Bonchev–Trinajstić information content (AvgIpc) is 2.81. The molecular weight excluding hydrogens is 357 g/mol. The van der Waals surface area contributed by atoms with Crippen molar-refractivity contribution >= 4 is 39.2 Å². The predicted octanol–water partition coefficient (Wildman–Crippen LogP) is 3.07. The number of halogens is 2. The van der Waals surface area contributed by atoms with Crippen molar-refractivity contribution in [1.82, 2.24) is 9.44 Å². The molecule has 3 rings (SSSR count). The SMILES string of the molecule is O=S1(=O)NC(=NCc2ccccc2)C(c2ccc(Cl)cc2Cl)N1. The van der Waals surface area contributed by atoms with Crippen LogP contribution in [-0.2, 0) is 16.8 Å². The highest BCUT2D eigenvalue weighted by Crippen LogP contribution is 2.29. The first-order valence-corrected chi connectivity index (χ1v) is 9.02. The normalized spacial score (nSPS) is 21.3. The van der Waals surface area contributed by atoms with E-state index in [0.717, 1.165) is 5.56 Å². The van der Waals surface area contributed by atoms with E-state index in [4.69, 9.17) is 23.2 Å². The molecule has 1 atom stereocenters. The molecule has 1 fully saturated rings. The van der Waals surface area contributed by atoms with Gasteiger partial charge in [0.05, 0.1) is 6.54 Å². The summed E-state index contributed by atoms with van der Waals surface area (Å²) in [5.41, 5.74) is 1.57. The minimum absolute atomic E-state index is 0.304. The van der Waals surface area contributed by atoms with E-state index >= 15 is 0 Å². The number of hydrogen-bond acceptors (Lipinski definition) is 3. The van der Waals surface area contributed by atoms with Crippen LogP contribution in [0.3, 0.4) is 0 Å². The smallest absolute Gasteiger partial charge is 0.265 e. The van der Waals surface area contributed by atoms with Crippen LogP contribution in [0.25, 0.3) is 0 Å². The van der Waals surface area contributed by atoms with Gasteiger partial charge in [-0.1, -0.05) is 59.6 Å². The van der Waals surface area contributed by atoms with Gasteiger partial charge in [-0.15, -0.1) is 0 Å². The number of aliphatic imine (C=N–C) groups is 1. The van der Waals surface area contributed by atoms with Gasteiger partial charge < -0.3 is 0 Å². The zero-order valence-corrected chi connectivity index (χ0v) is 14.2. The lowest BCUT2D eigenvalue weighted by atomic mass is 10.1. The summed E-state index contributed by atoms with van der Waals surface area (Å²) in [7, 11) is -3.65. The zero-order chi connectivity index (χ0) is 16.4. The van der Waals surface area contributed by atoms with Crippen molar-refractivity contribution in [3.8, 4) is 0 Å². The van der Waals surface area contributed by atoms with Crippen molar-refractivity contribution in [1.29, 1.82) is 0 Å². The van der Waals surface area contributed by atoms with Gasteiger partial charge in [0.15, 0.2) is 0 Å². The molecule has 1 heterocycles. The van der Waals surface area contributed by atoms with Crippen LogP contribution >= 0.6 is 23.2 Å². The number of benzene rings is 2. The number of rotatable bonds is 3. The van der Waals surface area contributed by atoms with E-state index in [1.807, 2.05) is 30.3 Å². The molecule has 0 radical (unpaired) electrons. The van der Waals surface area contributed by atoms with Gasteiger partial charge in [-0.2, -0.15) is 13.1 Å². The van der Waals surface area contributed by atoms with Gasteiger partial charge in [-0.25, -0.2) is 0 Å². The second-order valence-electron chi connectivity index (χ2n) is 5.01. The molecule has 2 N–H and O–H groups in total. The van der Waals surface area contributed by atoms with Crippen LogP contribution in [0.2, 0.25) is 10.0 Å². The van der Waals surface area contributed by atoms with Gasteiger partial charge in [0.1, 0.15) is 11.9 Å². The molecule has 5 nitrogen and oxygen atoms in total. The maximum absolute atomic E-state index is 11.8. The van der Waals surface area contributed by atoms with E-state index in [2.05, 4.69) is 14.4 Å². The molecule has 8 heteroatoms. The fraction of sp³-hybridized carbons (Fsp3) is 0.133. The lowest BCUT2D eigenvalue weighted by molar-refractivity contribution is 0.583. The summed E-state index contributed by atoms with van der Waals surface area (Å²) < 4.78 is 28.6. The molecule has 1 aliphatic heterocycles. The highest BCUT2D eigenvalue weighted by atomic mass is 35.5. The maximum atomic E-state index is 11.8. The van der Waals surface area contributed by atoms with Gasteiger partial charge in [0.2, 0.25) is 0 Å². The van der Waals surface area contributed by atoms with Crippen LogP contribution in [-0.4, -0.2) is 14.3 Å². The minimum atomic E-state index is -3.65. The van der Waals surface area contributed by atoms with Gasteiger partial charge >= 0.3 is 10.2 Å². The first-order chi connectivity index (χ1) is 10.9. The molecule has 0 amide bonds. The summed E-state index contributed by atoms with van der Waals surface area (Å²) >= 11 is 12.1. The maximum Gasteiger partial charge on any atom is 0.301 e. The third-order valence-corrected chi connectivity index (χ3v) is 4.92. The third-order valence-electron chi connectivity index (χ3n) is 3.33. The molecule has 0 spiro atoms. The third kappa shape index (κ3) is 3.84. The van der Waals surface area contributed by atoms with E-state index in [9.17, 15) is 8.42 Å². The number of hydrogen-bond donors (Lipinski definition) is 2. The van der Waals surface area contributed by atoms with Crippen molar-refractivity contribution in [3.05, 3.63) is 69.7 Å². The second kappa shape index (κ2) is 6.49. The Hall–Kier alpha value is -1.60. The van der Waals surface area contributed by atoms with E-state index in [1.54, 1.807) is 18.2 Å². The number of nitrogens with one attached hydrogen (secondary N) is 2. The van der Waals surface area contributed by atoms with Crippen LogP contribution < -0.4 is 9.44 Å². The van der Waals surface area contributed by atoms with Gasteiger partial charge in [0, 0.05) is 10.0 Å². The Balaban J connectivity index is 1.93. The highest BCUT2D eigenvalue weighted by molar-refractivity contribution is 7.88. The van der Waals surface area contributed by atoms with Crippen LogP contribution in [0.5, 0.6) is 0 Å². The van der Waals surface area contributed by atoms with Crippen molar-refractivity contribution in [2.45, 2.75) is 12.6 Å². The van der Waals surface area contributed by atoms with Crippen LogP contribution in [0.4, 0.5) is 0 Å².